The number of ether oxygens (including phenoxy) is 1. The molecule has 90 valence electrons. The van der Waals surface area contributed by atoms with Gasteiger partial charge >= 0.3 is 0 Å². The molecule has 1 atom stereocenters. The van der Waals surface area contributed by atoms with Crippen molar-refractivity contribution >= 4 is 0 Å². The lowest BCUT2D eigenvalue weighted by molar-refractivity contribution is 0.106. The minimum absolute atomic E-state index is 0.319. The molecular weight excluding hydrogens is 188 g/mol. The van der Waals surface area contributed by atoms with Gasteiger partial charge in [0.25, 0.3) is 0 Å². The van der Waals surface area contributed by atoms with Crippen molar-refractivity contribution in [2.45, 2.75) is 38.6 Å². The van der Waals surface area contributed by atoms with Crippen LogP contribution in [0.1, 0.15) is 33.1 Å². The van der Waals surface area contributed by atoms with Crippen LogP contribution in [-0.2, 0) is 4.74 Å². The van der Waals surface area contributed by atoms with Crippen molar-refractivity contribution in [3.05, 3.63) is 0 Å². The highest BCUT2D eigenvalue weighted by molar-refractivity contribution is 4.88. The van der Waals surface area contributed by atoms with Crippen LogP contribution in [0.4, 0.5) is 0 Å². The van der Waals surface area contributed by atoms with Crippen molar-refractivity contribution in [1.29, 1.82) is 0 Å². The molecular formula is C12H26N2O. The summed E-state index contributed by atoms with van der Waals surface area (Å²) < 4.78 is 5.36. The summed E-state index contributed by atoms with van der Waals surface area (Å²) in [5, 5.41) is 3.63. The first kappa shape index (κ1) is 12.9. The van der Waals surface area contributed by atoms with E-state index in [9.17, 15) is 0 Å². The van der Waals surface area contributed by atoms with Gasteiger partial charge in [-0.1, -0.05) is 6.42 Å². The zero-order valence-corrected chi connectivity index (χ0v) is 10.5. The Hall–Kier alpha value is -0.120. The lowest BCUT2D eigenvalue weighted by atomic mass is 9.90. The van der Waals surface area contributed by atoms with E-state index in [1.54, 1.807) is 0 Å². The molecule has 0 spiro atoms. The molecule has 1 aliphatic rings. The fraction of sp³-hybridized carbons (Fsp3) is 1.00. The number of piperidine rings is 1. The van der Waals surface area contributed by atoms with Gasteiger partial charge in [-0.05, 0) is 40.3 Å². The second-order valence-corrected chi connectivity index (χ2v) is 4.88. The van der Waals surface area contributed by atoms with E-state index in [1.165, 1.54) is 25.8 Å². The van der Waals surface area contributed by atoms with Crippen LogP contribution in [0.5, 0.6) is 0 Å². The molecule has 1 unspecified atom stereocenters. The van der Waals surface area contributed by atoms with Crippen molar-refractivity contribution in [2.24, 2.45) is 0 Å². The molecule has 0 amide bonds. The first-order valence-corrected chi connectivity index (χ1v) is 6.17. The number of hydrogen-bond acceptors (Lipinski definition) is 3. The third kappa shape index (κ3) is 4.96. The van der Waals surface area contributed by atoms with Gasteiger partial charge in [0, 0.05) is 25.2 Å². The van der Waals surface area contributed by atoms with Crippen LogP contribution in [-0.4, -0.2) is 50.3 Å². The van der Waals surface area contributed by atoms with Gasteiger partial charge in [0.1, 0.15) is 0 Å². The minimum atomic E-state index is 0.319. The van der Waals surface area contributed by atoms with Crippen molar-refractivity contribution in [3.63, 3.8) is 0 Å². The lowest BCUT2D eigenvalue weighted by Crippen LogP contribution is -2.53. The highest BCUT2D eigenvalue weighted by Crippen LogP contribution is 2.19. The number of nitrogens with zero attached hydrogens (tertiary/aromatic N) is 1. The molecule has 0 aromatic heterocycles. The average molecular weight is 214 g/mol. The van der Waals surface area contributed by atoms with Crippen LogP contribution >= 0.6 is 0 Å². The molecule has 3 heteroatoms. The summed E-state index contributed by atoms with van der Waals surface area (Å²) in [7, 11) is 2.18. The van der Waals surface area contributed by atoms with E-state index < -0.39 is 0 Å². The zero-order chi connectivity index (χ0) is 11.1. The van der Waals surface area contributed by atoms with Gasteiger partial charge in [0.05, 0.1) is 6.61 Å². The van der Waals surface area contributed by atoms with Gasteiger partial charge in [-0.15, -0.1) is 0 Å². The van der Waals surface area contributed by atoms with Crippen molar-refractivity contribution in [1.82, 2.24) is 10.2 Å². The SMILES string of the molecule is CCOCCN(C)CC1(C)CCCCN1. The Balaban J connectivity index is 2.20. The highest BCUT2D eigenvalue weighted by Gasteiger charge is 2.27. The molecule has 0 aliphatic carbocycles. The number of likely N-dealkylation sites (N-methyl/N-ethyl adjacent to an activating group) is 1. The second-order valence-electron chi connectivity index (χ2n) is 4.88. The number of hydrogen-bond donors (Lipinski definition) is 1. The second kappa shape index (κ2) is 6.46. The van der Waals surface area contributed by atoms with Gasteiger partial charge in [-0.25, -0.2) is 0 Å². The molecule has 0 radical (unpaired) electrons. The van der Waals surface area contributed by atoms with E-state index in [2.05, 4.69) is 24.2 Å². The van der Waals surface area contributed by atoms with Crippen molar-refractivity contribution in [2.75, 3.05) is 39.9 Å². The summed E-state index contributed by atoms with van der Waals surface area (Å²) in [5.74, 6) is 0. The summed E-state index contributed by atoms with van der Waals surface area (Å²) in [6, 6.07) is 0. The molecule has 0 aromatic rings. The van der Waals surface area contributed by atoms with Crippen LogP contribution in [0.25, 0.3) is 0 Å². The fourth-order valence-electron chi connectivity index (χ4n) is 2.29. The highest BCUT2D eigenvalue weighted by atomic mass is 16.5. The largest absolute Gasteiger partial charge is 0.380 e. The molecule has 0 saturated carbocycles. The van der Waals surface area contributed by atoms with Crippen LogP contribution in [0.2, 0.25) is 0 Å². The Morgan fingerprint density at radius 2 is 2.20 bits per heavy atom. The Bertz CT molecular complexity index is 167. The molecule has 1 fully saturated rings. The summed E-state index contributed by atoms with van der Waals surface area (Å²) in [6.07, 6.45) is 3.99. The van der Waals surface area contributed by atoms with Crippen LogP contribution in [0, 0.1) is 0 Å². The summed E-state index contributed by atoms with van der Waals surface area (Å²) >= 11 is 0. The average Bonchev–Trinajstić information content (AvgIpc) is 2.18. The van der Waals surface area contributed by atoms with E-state index in [4.69, 9.17) is 4.74 Å². The molecule has 0 aromatic carbocycles. The molecule has 1 heterocycles. The fourth-order valence-corrected chi connectivity index (χ4v) is 2.29. The zero-order valence-electron chi connectivity index (χ0n) is 10.5. The quantitative estimate of drug-likeness (QED) is 0.678. The van der Waals surface area contributed by atoms with Gasteiger partial charge in [-0.3, -0.25) is 0 Å². The Morgan fingerprint density at radius 3 is 2.80 bits per heavy atom. The molecule has 15 heavy (non-hydrogen) atoms. The summed E-state index contributed by atoms with van der Waals surface area (Å²) in [5.41, 5.74) is 0.319. The molecule has 0 bridgehead atoms. The van der Waals surface area contributed by atoms with E-state index in [-0.39, 0.29) is 0 Å². The normalized spacial score (nSPS) is 27.2. The third-order valence-electron chi connectivity index (χ3n) is 3.15. The molecule has 1 saturated heterocycles. The lowest BCUT2D eigenvalue weighted by Gasteiger charge is -2.38. The van der Waals surface area contributed by atoms with Crippen molar-refractivity contribution in [3.8, 4) is 0 Å². The van der Waals surface area contributed by atoms with Crippen LogP contribution < -0.4 is 5.32 Å². The van der Waals surface area contributed by atoms with Gasteiger partial charge in [-0.2, -0.15) is 0 Å². The molecule has 3 nitrogen and oxygen atoms in total. The van der Waals surface area contributed by atoms with Gasteiger partial charge in [0.2, 0.25) is 0 Å². The minimum Gasteiger partial charge on any atom is -0.380 e. The topological polar surface area (TPSA) is 24.5 Å². The first-order valence-electron chi connectivity index (χ1n) is 6.17. The summed E-state index contributed by atoms with van der Waals surface area (Å²) in [4.78, 5) is 2.37. The first-order chi connectivity index (χ1) is 7.16. The standard InChI is InChI=1S/C12H26N2O/c1-4-15-10-9-14(3)11-12(2)7-5-6-8-13-12/h13H,4-11H2,1-3H3. The number of nitrogens with one attached hydrogen (secondary N) is 1. The van der Waals surface area contributed by atoms with E-state index in [0.717, 1.165) is 26.3 Å². The number of rotatable bonds is 6. The Morgan fingerprint density at radius 1 is 1.40 bits per heavy atom. The Kier molecular flexibility index (Phi) is 5.58. The van der Waals surface area contributed by atoms with Crippen LogP contribution in [0.15, 0.2) is 0 Å². The maximum atomic E-state index is 5.36. The van der Waals surface area contributed by atoms with E-state index in [1.807, 2.05) is 6.92 Å². The van der Waals surface area contributed by atoms with Crippen LogP contribution in [0.3, 0.4) is 0 Å². The Labute approximate surface area is 94.2 Å². The van der Waals surface area contributed by atoms with E-state index in [0.29, 0.717) is 5.54 Å². The summed E-state index contributed by atoms with van der Waals surface area (Å²) in [6.45, 7) is 9.39. The predicted octanol–water partition coefficient (Wildman–Crippen LogP) is 1.49. The monoisotopic (exact) mass is 214 g/mol. The maximum Gasteiger partial charge on any atom is 0.0593 e. The van der Waals surface area contributed by atoms with E-state index >= 15 is 0 Å². The maximum absolute atomic E-state index is 5.36. The van der Waals surface area contributed by atoms with Gasteiger partial charge in [0.15, 0.2) is 0 Å². The van der Waals surface area contributed by atoms with Crippen molar-refractivity contribution < 1.29 is 4.74 Å². The van der Waals surface area contributed by atoms with Gasteiger partial charge < -0.3 is 15.0 Å². The molecule has 1 N–H and O–H groups in total. The predicted molar refractivity (Wildman–Crippen MR) is 64.2 cm³/mol. The molecule has 1 rings (SSSR count). The third-order valence-corrected chi connectivity index (χ3v) is 3.15. The smallest absolute Gasteiger partial charge is 0.0593 e. The molecule has 1 aliphatic heterocycles.